The molecule has 0 bridgehead atoms. The Morgan fingerprint density at radius 3 is 2.44 bits per heavy atom. The van der Waals surface area contributed by atoms with Gasteiger partial charge in [0, 0.05) is 31.7 Å². The van der Waals surface area contributed by atoms with Crippen molar-refractivity contribution in [1.29, 1.82) is 0 Å². The number of alkyl halides is 2. The summed E-state index contributed by atoms with van der Waals surface area (Å²) in [4.78, 5) is 7.34. The molecule has 6 heteroatoms. The third-order valence-electron chi connectivity index (χ3n) is 2.36. The van der Waals surface area contributed by atoms with E-state index in [9.17, 15) is 8.78 Å². The van der Waals surface area contributed by atoms with E-state index in [0.717, 1.165) is 5.56 Å². The van der Waals surface area contributed by atoms with Gasteiger partial charge in [-0.1, -0.05) is 30.3 Å². The predicted octanol–water partition coefficient (Wildman–Crippen LogP) is 3.24. The van der Waals surface area contributed by atoms with Gasteiger partial charge in [0.2, 0.25) is 5.95 Å². The molecule has 0 atom stereocenters. The number of nitrogen functional groups attached to an aromatic ring is 1. The molecule has 2 aromatic rings. The summed E-state index contributed by atoms with van der Waals surface area (Å²) in [5.41, 5.74) is 6.35. The Morgan fingerprint density at radius 1 is 1.17 bits per heavy atom. The zero-order chi connectivity index (χ0) is 12.3. The molecule has 18 heavy (non-hydrogen) atoms. The van der Waals surface area contributed by atoms with Crippen molar-refractivity contribution in [2.24, 2.45) is 0 Å². The fourth-order valence-electron chi connectivity index (χ4n) is 1.58. The van der Waals surface area contributed by atoms with Gasteiger partial charge < -0.3 is 5.73 Å². The van der Waals surface area contributed by atoms with Crippen LogP contribution in [0.3, 0.4) is 0 Å². The Balaban J connectivity index is 0.00000162. The average molecular weight is 267 g/mol. The summed E-state index contributed by atoms with van der Waals surface area (Å²) >= 11 is 0. The molecule has 0 unspecified atom stereocenters. The third-order valence-corrected chi connectivity index (χ3v) is 2.36. The predicted molar refractivity (Wildman–Crippen MR) is 68.2 cm³/mol. The van der Waals surface area contributed by atoms with Gasteiger partial charge in [0.15, 0.2) is 0 Å². The van der Waals surface area contributed by atoms with Crippen molar-refractivity contribution >= 4 is 19.4 Å². The maximum atomic E-state index is 12.8. The molecule has 94 valence electrons. The summed E-state index contributed by atoms with van der Waals surface area (Å²) in [7, 11) is 0. The monoisotopic (exact) mass is 267 g/mol. The van der Waals surface area contributed by atoms with E-state index in [4.69, 9.17) is 5.73 Å². The van der Waals surface area contributed by atoms with Crippen LogP contribution in [0.2, 0.25) is 0 Å². The lowest BCUT2D eigenvalue weighted by Gasteiger charge is -2.08. The van der Waals surface area contributed by atoms with Crippen LogP contribution < -0.4 is 5.73 Å². The molecule has 1 aromatic heterocycles. The molecule has 0 spiro atoms. The van der Waals surface area contributed by atoms with Crippen LogP contribution in [0.15, 0.2) is 36.5 Å². The summed E-state index contributed by atoms with van der Waals surface area (Å²) in [6, 6.07) is 9.32. The molecule has 2 N–H and O–H groups in total. The van der Waals surface area contributed by atoms with Crippen molar-refractivity contribution in [2.75, 3.05) is 5.73 Å². The number of benzene rings is 1. The van der Waals surface area contributed by atoms with Crippen LogP contribution in [-0.2, 0) is 6.42 Å². The summed E-state index contributed by atoms with van der Waals surface area (Å²) in [5.74, 6) is -0.128. The highest BCUT2D eigenvalue weighted by Gasteiger charge is 2.16. The Morgan fingerprint density at radius 2 is 1.83 bits per heavy atom. The molecule has 0 aliphatic heterocycles. The van der Waals surface area contributed by atoms with Crippen molar-refractivity contribution in [3.8, 4) is 0 Å². The van der Waals surface area contributed by atoms with E-state index in [1.807, 2.05) is 30.3 Å². The lowest BCUT2D eigenvalue weighted by Crippen LogP contribution is -2.05. The molecule has 1 aromatic carbocycles. The van der Waals surface area contributed by atoms with Gasteiger partial charge >= 0.3 is 0 Å². The Labute approximate surface area is 111 Å². The van der Waals surface area contributed by atoms with Gasteiger partial charge in [0.1, 0.15) is 5.69 Å². The van der Waals surface area contributed by atoms with Gasteiger partial charge in [0.05, 0.1) is 0 Å². The zero-order valence-corrected chi connectivity index (χ0v) is 10.2. The first-order chi connectivity index (χ1) is 8.16. The van der Waals surface area contributed by atoms with E-state index in [1.165, 1.54) is 6.20 Å². The number of hydrogen-bond acceptors (Lipinski definition) is 3. The van der Waals surface area contributed by atoms with Crippen molar-refractivity contribution in [3.05, 3.63) is 53.3 Å². The molecule has 2 rings (SSSR count). The molecule has 0 saturated heterocycles. The molecule has 0 aliphatic rings. The van der Waals surface area contributed by atoms with E-state index < -0.39 is 6.43 Å². The molecule has 0 saturated carbocycles. The van der Waals surface area contributed by atoms with Crippen LogP contribution in [0.25, 0.3) is 0 Å². The third kappa shape index (κ3) is 3.40. The van der Waals surface area contributed by atoms with Crippen LogP contribution in [0.1, 0.15) is 23.2 Å². The van der Waals surface area contributed by atoms with Crippen molar-refractivity contribution < 1.29 is 8.78 Å². The number of halogens is 2. The van der Waals surface area contributed by atoms with Gasteiger partial charge in [0.25, 0.3) is 6.43 Å². The second-order valence-corrected chi connectivity index (χ2v) is 3.60. The molecule has 2 radical (unpaired) electrons. The summed E-state index contributed by atoms with van der Waals surface area (Å²) in [6.07, 6.45) is -0.906. The maximum absolute atomic E-state index is 12.8. The van der Waals surface area contributed by atoms with Crippen LogP contribution in [0.5, 0.6) is 0 Å². The lowest BCUT2D eigenvalue weighted by atomic mass is 10.1. The van der Waals surface area contributed by atoms with Gasteiger partial charge in [-0.15, -0.1) is 0 Å². The summed E-state index contributed by atoms with van der Waals surface area (Å²) in [5, 5.41) is 0. The lowest BCUT2D eigenvalue weighted by molar-refractivity contribution is 0.145. The van der Waals surface area contributed by atoms with Crippen LogP contribution >= 0.6 is 13.5 Å². The number of hydrogen-bond donors (Lipinski definition) is 1. The highest BCUT2D eigenvalue weighted by molar-refractivity contribution is 7.59. The van der Waals surface area contributed by atoms with E-state index >= 15 is 0 Å². The van der Waals surface area contributed by atoms with E-state index in [2.05, 4.69) is 9.97 Å². The Hall–Kier alpha value is -1.69. The second-order valence-electron chi connectivity index (χ2n) is 3.60. The number of anilines is 1. The van der Waals surface area contributed by atoms with Gasteiger partial charge in [-0.3, -0.25) is 0 Å². The molecule has 0 amide bonds. The first-order valence-corrected chi connectivity index (χ1v) is 5.10. The second kappa shape index (κ2) is 6.30. The average Bonchev–Trinajstić information content (AvgIpc) is 2.32. The SMILES string of the molecule is Nc1ncc(Cc2ccccc2)c(C(F)F)n1.[S]. The fourth-order valence-corrected chi connectivity index (χ4v) is 1.58. The standard InChI is InChI=1S/C12H11F2N3.S/c13-11(14)10-9(7-16-12(15)17-10)6-8-4-2-1-3-5-8;/h1-5,7,11H,6H2,(H2,15,16,17);. The van der Waals surface area contributed by atoms with E-state index in [0.29, 0.717) is 12.0 Å². The fraction of sp³-hybridized carbons (Fsp3) is 0.167. The number of nitrogens with two attached hydrogens (primary N) is 1. The Bertz CT molecular complexity index is 506. The normalized spacial score (nSPS) is 10.2. The van der Waals surface area contributed by atoms with Gasteiger partial charge in [-0.25, -0.2) is 18.7 Å². The summed E-state index contributed by atoms with van der Waals surface area (Å²) in [6.45, 7) is 0. The molecular weight excluding hydrogens is 256 g/mol. The summed E-state index contributed by atoms with van der Waals surface area (Å²) < 4.78 is 25.5. The van der Waals surface area contributed by atoms with Crippen molar-refractivity contribution in [1.82, 2.24) is 9.97 Å². The highest BCUT2D eigenvalue weighted by atomic mass is 32.1. The minimum Gasteiger partial charge on any atom is -0.368 e. The van der Waals surface area contributed by atoms with E-state index in [-0.39, 0.29) is 25.1 Å². The van der Waals surface area contributed by atoms with Crippen molar-refractivity contribution in [3.63, 3.8) is 0 Å². The van der Waals surface area contributed by atoms with Gasteiger partial charge in [-0.05, 0) is 5.56 Å². The minimum atomic E-state index is -2.64. The largest absolute Gasteiger partial charge is 0.368 e. The van der Waals surface area contributed by atoms with Crippen LogP contribution in [-0.4, -0.2) is 9.97 Å². The molecule has 0 aliphatic carbocycles. The van der Waals surface area contributed by atoms with Gasteiger partial charge in [-0.2, -0.15) is 0 Å². The van der Waals surface area contributed by atoms with Crippen LogP contribution in [0, 0.1) is 0 Å². The zero-order valence-electron chi connectivity index (χ0n) is 9.38. The smallest absolute Gasteiger partial charge is 0.280 e. The van der Waals surface area contributed by atoms with E-state index in [1.54, 1.807) is 0 Å². The topological polar surface area (TPSA) is 51.8 Å². The first kappa shape index (κ1) is 14.4. The number of nitrogens with zero attached hydrogens (tertiary/aromatic N) is 2. The molecule has 1 heterocycles. The Kier molecular flexibility index (Phi) is 5.03. The minimum absolute atomic E-state index is 0. The molecular formula is C12H11F2N3S. The van der Waals surface area contributed by atoms with Crippen LogP contribution in [0.4, 0.5) is 14.7 Å². The number of rotatable bonds is 3. The maximum Gasteiger partial charge on any atom is 0.280 e. The quantitative estimate of drug-likeness (QED) is 0.928. The first-order valence-electron chi connectivity index (χ1n) is 5.10. The molecule has 3 nitrogen and oxygen atoms in total. The van der Waals surface area contributed by atoms with Crippen molar-refractivity contribution in [2.45, 2.75) is 12.8 Å². The highest BCUT2D eigenvalue weighted by Crippen LogP contribution is 2.22. The number of aromatic nitrogens is 2. The molecule has 0 fully saturated rings.